The van der Waals surface area contributed by atoms with Crippen LogP contribution in [0.3, 0.4) is 0 Å². The molecule has 0 aliphatic carbocycles. The Morgan fingerprint density at radius 3 is 2.84 bits per heavy atom. The third kappa shape index (κ3) is 3.52. The van der Waals surface area contributed by atoms with Crippen LogP contribution in [-0.2, 0) is 0 Å². The van der Waals surface area contributed by atoms with Crippen LogP contribution in [0, 0.1) is 10.1 Å². The third-order valence-corrected chi connectivity index (χ3v) is 3.38. The fourth-order valence-electron chi connectivity index (χ4n) is 2.04. The fourth-order valence-corrected chi connectivity index (χ4v) is 2.04. The topological polar surface area (TPSA) is 140 Å². The number of nitro groups is 1. The molecule has 0 unspecified atom stereocenters. The van der Waals surface area contributed by atoms with E-state index < -0.39 is 10.8 Å². The van der Waals surface area contributed by atoms with Crippen LogP contribution < -0.4 is 5.32 Å². The molecule has 10 heteroatoms. The number of hydrogen-bond acceptors (Lipinski definition) is 7. The van der Waals surface area contributed by atoms with Gasteiger partial charge < -0.3 is 4.52 Å². The standard InChI is InChI=1S/C15H14N6O4/c1-8(2)11-7-12(25-20-11)14(22)17-15-16-13(18-19-15)9-4-3-5-10(6-9)21(23)24/h3-8H,1-2H3,(H2,16,17,18,19,22). The molecule has 0 radical (unpaired) electrons. The number of nitrogens with one attached hydrogen (secondary N) is 2. The molecule has 0 saturated carbocycles. The average molecular weight is 342 g/mol. The maximum atomic E-state index is 12.1. The number of benzene rings is 1. The fraction of sp³-hybridized carbons (Fsp3) is 0.200. The molecule has 2 N–H and O–H groups in total. The van der Waals surface area contributed by atoms with Gasteiger partial charge in [0.2, 0.25) is 11.7 Å². The van der Waals surface area contributed by atoms with E-state index in [2.05, 4.69) is 25.7 Å². The lowest BCUT2D eigenvalue weighted by molar-refractivity contribution is -0.384. The Hall–Kier alpha value is -3.56. The average Bonchev–Trinajstić information content (AvgIpc) is 3.24. The van der Waals surface area contributed by atoms with Crippen molar-refractivity contribution in [1.82, 2.24) is 20.3 Å². The Kier molecular flexibility index (Phi) is 4.25. The van der Waals surface area contributed by atoms with Gasteiger partial charge in [0.15, 0.2) is 5.82 Å². The number of hydrogen-bond donors (Lipinski definition) is 2. The molecule has 0 spiro atoms. The molecule has 0 aliphatic heterocycles. The number of anilines is 1. The number of amides is 1. The highest BCUT2D eigenvalue weighted by Crippen LogP contribution is 2.21. The summed E-state index contributed by atoms with van der Waals surface area (Å²) in [4.78, 5) is 26.5. The SMILES string of the molecule is CC(C)c1cc(C(=O)Nc2n[nH]c(-c3cccc([N+](=O)[O-])c3)n2)on1. The maximum absolute atomic E-state index is 12.1. The summed E-state index contributed by atoms with van der Waals surface area (Å²) in [6.45, 7) is 3.86. The lowest BCUT2D eigenvalue weighted by Gasteiger charge is -1.96. The van der Waals surface area contributed by atoms with E-state index >= 15 is 0 Å². The summed E-state index contributed by atoms with van der Waals surface area (Å²) >= 11 is 0. The zero-order valence-electron chi connectivity index (χ0n) is 13.4. The van der Waals surface area contributed by atoms with E-state index in [9.17, 15) is 14.9 Å². The van der Waals surface area contributed by atoms with Crippen LogP contribution in [0.1, 0.15) is 36.0 Å². The van der Waals surface area contributed by atoms with E-state index in [1.54, 1.807) is 12.1 Å². The summed E-state index contributed by atoms with van der Waals surface area (Å²) in [6.07, 6.45) is 0. The molecule has 2 aromatic heterocycles. The summed E-state index contributed by atoms with van der Waals surface area (Å²) in [6, 6.07) is 7.46. The van der Waals surface area contributed by atoms with Gasteiger partial charge in [-0.05, 0) is 5.92 Å². The van der Waals surface area contributed by atoms with Gasteiger partial charge in [-0.15, -0.1) is 5.10 Å². The van der Waals surface area contributed by atoms with Gasteiger partial charge in [-0.1, -0.05) is 31.1 Å². The van der Waals surface area contributed by atoms with Crippen LogP contribution >= 0.6 is 0 Å². The second-order valence-electron chi connectivity index (χ2n) is 5.54. The first-order chi connectivity index (χ1) is 11.9. The number of rotatable bonds is 5. The zero-order valence-corrected chi connectivity index (χ0v) is 13.4. The van der Waals surface area contributed by atoms with Crippen molar-refractivity contribution in [1.29, 1.82) is 0 Å². The van der Waals surface area contributed by atoms with E-state index in [1.807, 2.05) is 13.8 Å². The predicted octanol–water partition coefficient (Wildman–Crippen LogP) is 2.74. The molecule has 0 aliphatic rings. The van der Waals surface area contributed by atoms with Crippen molar-refractivity contribution in [2.45, 2.75) is 19.8 Å². The normalized spacial score (nSPS) is 10.8. The monoisotopic (exact) mass is 342 g/mol. The molecule has 0 saturated heterocycles. The Morgan fingerprint density at radius 2 is 2.16 bits per heavy atom. The number of nitrogens with zero attached hydrogens (tertiary/aromatic N) is 4. The van der Waals surface area contributed by atoms with Crippen molar-refractivity contribution >= 4 is 17.5 Å². The lowest BCUT2D eigenvalue weighted by atomic mass is 10.1. The number of non-ortho nitro benzene ring substituents is 1. The molecule has 1 aromatic carbocycles. The minimum atomic E-state index is -0.538. The molecule has 10 nitrogen and oxygen atoms in total. The van der Waals surface area contributed by atoms with Crippen molar-refractivity contribution in [3.63, 3.8) is 0 Å². The van der Waals surface area contributed by atoms with Crippen molar-refractivity contribution in [3.8, 4) is 11.4 Å². The van der Waals surface area contributed by atoms with Crippen molar-refractivity contribution in [3.05, 3.63) is 51.9 Å². The van der Waals surface area contributed by atoms with Crippen LogP contribution in [-0.4, -0.2) is 31.2 Å². The number of carbonyl (C=O) groups is 1. The molecule has 3 rings (SSSR count). The number of H-pyrrole nitrogens is 1. The zero-order chi connectivity index (χ0) is 18.0. The molecule has 0 bridgehead atoms. The highest BCUT2D eigenvalue weighted by atomic mass is 16.6. The minimum Gasteiger partial charge on any atom is -0.351 e. The predicted molar refractivity (Wildman–Crippen MR) is 87.0 cm³/mol. The number of aromatic amines is 1. The summed E-state index contributed by atoms with van der Waals surface area (Å²) in [5.74, 6) is -0.0443. The van der Waals surface area contributed by atoms with Gasteiger partial charge in [0.25, 0.3) is 11.6 Å². The molecular formula is C15H14N6O4. The summed E-state index contributed by atoms with van der Waals surface area (Å²) < 4.78 is 4.99. The highest BCUT2D eigenvalue weighted by Gasteiger charge is 2.17. The Labute approximate surface area is 141 Å². The summed E-state index contributed by atoms with van der Waals surface area (Å²) in [5, 5.41) is 23.6. The minimum absolute atomic E-state index is 0.0222. The van der Waals surface area contributed by atoms with E-state index in [-0.39, 0.29) is 23.3 Å². The molecular weight excluding hydrogens is 328 g/mol. The highest BCUT2D eigenvalue weighted by molar-refractivity contribution is 6.01. The van der Waals surface area contributed by atoms with Crippen LogP contribution in [0.2, 0.25) is 0 Å². The van der Waals surface area contributed by atoms with Gasteiger partial charge in [-0.3, -0.25) is 25.3 Å². The van der Waals surface area contributed by atoms with Gasteiger partial charge in [-0.2, -0.15) is 4.98 Å². The molecule has 0 fully saturated rings. The second kappa shape index (κ2) is 6.51. The molecule has 1 amide bonds. The summed E-state index contributed by atoms with van der Waals surface area (Å²) in [5.41, 5.74) is 1.07. The lowest BCUT2D eigenvalue weighted by Crippen LogP contribution is -2.12. The Balaban J connectivity index is 1.76. The summed E-state index contributed by atoms with van der Waals surface area (Å²) in [7, 11) is 0. The number of carbonyl (C=O) groups excluding carboxylic acids is 1. The first-order valence-electron chi connectivity index (χ1n) is 7.39. The molecule has 25 heavy (non-hydrogen) atoms. The molecule has 128 valence electrons. The molecule has 2 heterocycles. The van der Waals surface area contributed by atoms with Crippen molar-refractivity contribution in [2.24, 2.45) is 0 Å². The molecule has 0 atom stereocenters. The van der Waals surface area contributed by atoms with Gasteiger partial charge in [0, 0.05) is 23.8 Å². The first kappa shape index (κ1) is 16.3. The Morgan fingerprint density at radius 1 is 1.36 bits per heavy atom. The second-order valence-corrected chi connectivity index (χ2v) is 5.54. The van der Waals surface area contributed by atoms with Crippen LogP contribution in [0.15, 0.2) is 34.9 Å². The van der Waals surface area contributed by atoms with E-state index in [4.69, 9.17) is 4.52 Å². The van der Waals surface area contributed by atoms with Crippen molar-refractivity contribution in [2.75, 3.05) is 5.32 Å². The first-order valence-corrected chi connectivity index (χ1v) is 7.39. The van der Waals surface area contributed by atoms with Crippen molar-refractivity contribution < 1.29 is 14.2 Å². The van der Waals surface area contributed by atoms with Gasteiger partial charge in [-0.25, -0.2) is 0 Å². The van der Waals surface area contributed by atoms with Crippen LogP contribution in [0.4, 0.5) is 11.6 Å². The smallest absolute Gasteiger partial charge is 0.296 e. The van der Waals surface area contributed by atoms with Gasteiger partial charge >= 0.3 is 0 Å². The number of nitro benzene ring substituents is 1. The van der Waals surface area contributed by atoms with E-state index in [1.165, 1.54) is 18.2 Å². The third-order valence-electron chi connectivity index (χ3n) is 3.38. The van der Waals surface area contributed by atoms with Crippen LogP contribution in [0.25, 0.3) is 11.4 Å². The maximum Gasteiger partial charge on any atom is 0.296 e. The van der Waals surface area contributed by atoms with Crippen LogP contribution in [0.5, 0.6) is 0 Å². The Bertz CT molecular complexity index is 930. The van der Waals surface area contributed by atoms with E-state index in [0.717, 1.165) is 0 Å². The van der Waals surface area contributed by atoms with E-state index in [0.29, 0.717) is 17.1 Å². The number of aromatic nitrogens is 4. The van der Waals surface area contributed by atoms with Gasteiger partial charge in [0.1, 0.15) is 0 Å². The molecule has 3 aromatic rings. The van der Waals surface area contributed by atoms with Gasteiger partial charge in [0.05, 0.1) is 10.6 Å². The largest absolute Gasteiger partial charge is 0.351 e. The quantitative estimate of drug-likeness (QED) is 0.536.